The van der Waals surface area contributed by atoms with Gasteiger partial charge in [-0.05, 0) is 42.5 Å². The van der Waals surface area contributed by atoms with Gasteiger partial charge in [-0.2, -0.15) is 0 Å². The van der Waals surface area contributed by atoms with Gasteiger partial charge in [-0.15, -0.1) is 0 Å². The number of nitrogens with zero attached hydrogens (tertiary/aromatic N) is 1. The first-order valence-electron chi connectivity index (χ1n) is 9.82. The number of benzene rings is 1. The Hall–Kier alpha value is -2.59. The molecule has 2 aliphatic rings. The summed E-state index contributed by atoms with van der Waals surface area (Å²) in [6.45, 7) is 0.292. The van der Waals surface area contributed by atoms with Crippen molar-refractivity contribution in [3.8, 4) is 11.3 Å². The van der Waals surface area contributed by atoms with Gasteiger partial charge < -0.3 is 14.1 Å². The quantitative estimate of drug-likeness (QED) is 0.656. The van der Waals surface area contributed by atoms with Crippen LogP contribution < -0.4 is 0 Å². The third-order valence-electron chi connectivity index (χ3n) is 6.09. The second-order valence-corrected chi connectivity index (χ2v) is 7.62. The van der Waals surface area contributed by atoms with Crippen molar-refractivity contribution in [1.82, 2.24) is 4.57 Å². The van der Waals surface area contributed by atoms with E-state index in [1.165, 1.54) is 48.7 Å². The van der Waals surface area contributed by atoms with Crippen LogP contribution >= 0.6 is 0 Å². The summed E-state index contributed by atoms with van der Waals surface area (Å²) >= 11 is 0. The second-order valence-electron chi connectivity index (χ2n) is 7.62. The van der Waals surface area contributed by atoms with Crippen LogP contribution in [0.3, 0.4) is 0 Å². The maximum absolute atomic E-state index is 12.1. The zero-order chi connectivity index (χ0) is 18.4. The van der Waals surface area contributed by atoms with Gasteiger partial charge in [0.15, 0.2) is 5.78 Å². The number of hydrogen-bond acceptors (Lipinski definition) is 3. The van der Waals surface area contributed by atoms with Crippen LogP contribution in [-0.2, 0) is 6.54 Å². The van der Waals surface area contributed by atoms with Crippen LogP contribution in [0.5, 0.6) is 0 Å². The molecule has 0 radical (unpaired) electrons. The van der Waals surface area contributed by atoms with Gasteiger partial charge in [0.05, 0.1) is 12.0 Å². The molecule has 0 unspecified atom stereocenters. The van der Waals surface area contributed by atoms with Gasteiger partial charge in [0.25, 0.3) is 0 Å². The summed E-state index contributed by atoms with van der Waals surface area (Å²) < 4.78 is 8.03. The Labute approximate surface area is 158 Å². The third kappa shape index (κ3) is 2.59. The van der Waals surface area contributed by atoms with E-state index in [-0.39, 0.29) is 5.78 Å². The topological polar surface area (TPSA) is 55.4 Å². The number of Topliss-reactive ketones (excluding diaryl/α,β-unsaturated/α-hetero) is 1. The predicted molar refractivity (Wildman–Crippen MR) is 106 cm³/mol. The van der Waals surface area contributed by atoms with Gasteiger partial charge in [-0.3, -0.25) is 4.79 Å². The summed E-state index contributed by atoms with van der Waals surface area (Å²) in [7, 11) is 0. The molecule has 2 aromatic heterocycles. The maximum Gasteiger partial charge on any atom is 0.188 e. The van der Waals surface area contributed by atoms with Crippen molar-refractivity contribution in [2.24, 2.45) is 0 Å². The molecule has 0 saturated heterocycles. The molecule has 1 aliphatic heterocycles. The fraction of sp³-hybridized carbons (Fsp3) is 0.348. The Morgan fingerprint density at radius 1 is 1.19 bits per heavy atom. The van der Waals surface area contributed by atoms with Crippen molar-refractivity contribution in [3.05, 3.63) is 53.5 Å². The number of rotatable bonds is 3. The lowest BCUT2D eigenvalue weighted by molar-refractivity contribution is 0.0904. The zero-order valence-electron chi connectivity index (χ0n) is 15.3. The minimum Gasteiger partial charge on any atom is -0.464 e. The maximum atomic E-state index is 12.1. The Morgan fingerprint density at radius 2 is 2.04 bits per heavy atom. The van der Waals surface area contributed by atoms with Crippen LogP contribution in [0.2, 0.25) is 0 Å². The molecule has 4 heteroatoms. The molecule has 5 rings (SSSR count). The molecule has 0 bridgehead atoms. The molecule has 4 nitrogen and oxygen atoms in total. The molecule has 1 aliphatic carbocycles. The third-order valence-corrected chi connectivity index (χ3v) is 6.09. The van der Waals surface area contributed by atoms with Crippen LogP contribution in [0.25, 0.3) is 28.2 Å². The van der Waals surface area contributed by atoms with E-state index in [1.807, 2.05) is 18.2 Å². The van der Waals surface area contributed by atoms with E-state index in [0.29, 0.717) is 11.5 Å². The van der Waals surface area contributed by atoms with Gasteiger partial charge in [-0.1, -0.05) is 37.5 Å². The van der Waals surface area contributed by atoms with Crippen molar-refractivity contribution in [2.45, 2.75) is 44.6 Å². The number of aromatic nitrogens is 1. The fourth-order valence-electron chi connectivity index (χ4n) is 4.84. The number of carbonyl (C=O) groups is 1. The SMILES string of the molecule is O=C(CO)c1ccc2c(C3CCCCC3)c3n(c2c1)CC=Cc1occc1-3. The van der Waals surface area contributed by atoms with Crippen LogP contribution in [0, 0.1) is 0 Å². The number of aliphatic hydroxyl groups is 1. The first-order chi connectivity index (χ1) is 13.3. The number of hydrogen-bond donors (Lipinski definition) is 1. The van der Waals surface area contributed by atoms with E-state index in [4.69, 9.17) is 4.42 Å². The van der Waals surface area contributed by atoms with Gasteiger partial charge in [-0.25, -0.2) is 0 Å². The molecule has 3 aromatic rings. The molecule has 138 valence electrons. The van der Waals surface area contributed by atoms with Crippen LogP contribution in [0.1, 0.15) is 59.7 Å². The lowest BCUT2D eigenvalue weighted by atomic mass is 9.81. The Morgan fingerprint density at radius 3 is 2.85 bits per heavy atom. The van der Waals surface area contributed by atoms with Gasteiger partial charge in [0.1, 0.15) is 12.4 Å². The van der Waals surface area contributed by atoms with Crippen LogP contribution in [0.4, 0.5) is 0 Å². The summed E-state index contributed by atoms with van der Waals surface area (Å²) in [5.74, 6) is 1.21. The average Bonchev–Trinajstić information content (AvgIpc) is 3.25. The summed E-state index contributed by atoms with van der Waals surface area (Å²) in [4.78, 5) is 12.1. The van der Waals surface area contributed by atoms with Crippen molar-refractivity contribution in [2.75, 3.05) is 6.61 Å². The largest absolute Gasteiger partial charge is 0.464 e. The Kier molecular flexibility index (Phi) is 4.01. The fourth-order valence-corrected chi connectivity index (χ4v) is 4.84. The second kappa shape index (κ2) is 6.54. The Bertz CT molecular complexity index is 1050. The first kappa shape index (κ1) is 16.6. The molecule has 1 aromatic carbocycles. The summed E-state index contributed by atoms with van der Waals surface area (Å²) in [6.07, 6.45) is 12.2. The predicted octanol–water partition coefficient (Wildman–Crippen LogP) is 5.15. The monoisotopic (exact) mass is 361 g/mol. The molecule has 1 fully saturated rings. The number of furan rings is 1. The molecular weight excluding hydrogens is 338 g/mol. The van der Waals surface area contributed by atoms with E-state index < -0.39 is 6.61 Å². The standard InChI is InChI=1S/C23H23NO3/c25-14-20(26)16-8-9-17-19(13-16)24-11-4-7-21-18(10-12-27-21)23(24)22(17)15-5-2-1-3-6-15/h4,7-10,12-13,15,25H,1-3,5-6,11,14H2. The van der Waals surface area contributed by atoms with E-state index >= 15 is 0 Å². The molecule has 1 saturated carbocycles. The smallest absolute Gasteiger partial charge is 0.188 e. The van der Waals surface area contributed by atoms with E-state index in [1.54, 1.807) is 6.26 Å². The van der Waals surface area contributed by atoms with Crippen molar-refractivity contribution < 1.29 is 14.3 Å². The molecular formula is C23H23NO3. The highest BCUT2D eigenvalue weighted by Crippen LogP contribution is 2.46. The highest BCUT2D eigenvalue weighted by atomic mass is 16.3. The zero-order valence-corrected chi connectivity index (χ0v) is 15.3. The highest BCUT2D eigenvalue weighted by Gasteiger charge is 2.28. The van der Waals surface area contributed by atoms with Crippen molar-refractivity contribution in [3.63, 3.8) is 0 Å². The highest BCUT2D eigenvalue weighted by molar-refractivity contribution is 6.02. The summed E-state index contributed by atoms with van der Waals surface area (Å²) in [5, 5.41) is 10.5. The number of allylic oxidation sites excluding steroid dienone is 1. The normalized spacial score (nSPS) is 16.9. The van der Waals surface area contributed by atoms with Crippen molar-refractivity contribution >= 4 is 22.8 Å². The van der Waals surface area contributed by atoms with E-state index in [9.17, 15) is 9.90 Å². The molecule has 3 heterocycles. The molecule has 0 amide bonds. The van der Waals surface area contributed by atoms with E-state index in [2.05, 4.69) is 22.8 Å². The summed E-state index contributed by atoms with van der Waals surface area (Å²) in [5.41, 5.74) is 5.42. The van der Waals surface area contributed by atoms with E-state index in [0.717, 1.165) is 23.4 Å². The Balaban J connectivity index is 1.81. The minimum atomic E-state index is -0.458. The molecule has 0 atom stereocenters. The minimum absolute atomic E-state index is 0.236. The lowest BCUT2D eigenvalue weighted by Gasteiger charge is -2.23. The van der Waals surface area contributed by atoms with Gasteiger partial charge >= 0.3 is 0 Å². The summed E-state index contributed by atoms with van der Waals surface area (Å²) in [6, 6.07) is 7.94. The van der Waals surface area contributed by atoms with Gasteiger partial charge in [0.2, 0.25) is 0 Å². The van der Waals surface area contributed by atoms with Gasteiger partial charge in [0, 0.05) is 28.6 Å². The van der Waals surface area contributed by atoms with Crippen LogP contribution in [-0.4, -0.2) is 22.1 Å². The number of carbonyl (C=O) groups excluding carboxylic acids is 1. The molecule has 27 heavy (non-hydrogen) atoms. The number of ketones is 1. The lowest BCUT2D eigenvalue weighted by Crippen LogP contribution is -2.06. The molecule has 0 spiro atoms. The molecule has 1 N–H and O–H groups in total. The first-order valence-corrected chi connectivity index (χ1v) is 9.82. The average molecular weight is 361 g/mol. The van der Waals surface area contributed by atoms with Crippen LogP contribution in [0.15, 0.2) is 41.0 Å². The van der Waals surface area contributed by atoms with Crippen molar-refractivity contribution in [1.29, 1.82) is 0 Å². The number of fused-ring (bicyclic) bond motifs is 5. The number of aliphatic hydroxyl groups excluding tert-OH is 1.